The summed E-state index contributed by atoms with van der Waals surface area (Å²) in [5.41, 5.74) is 9.07. The second-order valence-corrected chi connectivity index (χ2v) is 5.40. The molecule has 0 spiro atoms. The molecule has 0 amide bonds. The van der Waals surface area contributed by atoms with Gasteiger partial charge < -0.3 is 15.0 Å². The quantitative estimate of drug-likeness (QED) is 0.916. The number of piperidine rings is 1. The molecule has 0 radical (unpaired) electrons. The number of nitrogens with two attached hydrogens (primary N) is 1. The molecule has 102 valence electrons. The molecule has 4 nitrogen and oxygen atoms in total. The molecule has 1 saturated heterocycles. The second kappa shape index (κ2) is 5.31. The Morgan fingerprint density at radius 3 is 3.16 bits per heavy atom. The van der Waals surface area contributed by atoms with Crippen LogP contribution in [0, 0.1) is 0 Å². The number of likely N-dealkylation sites (tertiary alicyclic amines) is 1. The number of hydrogen-bond acceptors (Lipinski definition) is 3. The average Bonchev–Trinajstić information content (AvgIpc) is 2.90. The van der Waals surface area contributed by atoms with Gasteiger partial charge in [0.2, 0.25) is 0 Å². The Kier molecular flexibility index (Phi) is 3.53. The zero-order valence-corrected chi connectivity index (χ0v) is 11.5. The van der Waals surface area contributed by atoms with Crippen molar-refractivity contribution in [2.45, 2.75) is 32.2 Å². The van der Waals surface area contributed by atoms with Gasteiger partial charge >= 0.3 is 0 Å². The van der Waals surface area contributed by atoms with Crippen molar-refractivity contribution in [3.63, 3.8) is 0 Å². The number of pyridine rings is 1. The third-order valence-corrected chi connectivity index (χ3v) is 4.15. The van der Waals surface area contributed by atoms with Gasteiger partial charge in [0.25, 0.3) is 0 Å². The van der Waals surface area contributed by atoms with Gasteiger partial charge in [0.1, 0.15) is 5.65 Å². The Morgan fingerprint density at radius 2 is 2.37 bits per heavy atom. The minimum absolute atomic E-state index is 0.575. The first kappa shape index (κ1) is 12.6. The molecule has 19 heavy (non-hydrogen) atoms. The molecule has 1 unspecified atom stereocenters. The van der Waals surface area contributed by atoms with E-state index in [0.29, 0.717) is 12.5 Å². The van der Waals surface area contributed by atoms with Gasteiger partial charge in [0.15, 0.2) is 0 Å². The fraction of sp³-hybridized carbons (Fsp3) is 0.533. The number of hydrogen-bond donors (Lipinski definition) is 1. The molecule has 2 aromatic rings. The Bertz CT molecular complexity index is 560. The van der Waals surface area contributed by atoms with Gasteiger partial charge in [-0.15, -0.1) is 0 Å². The van der Waals surface area contributed by atoms with Gasteiger partial charge in [0, 0.05) is 31.4 Å². The topological polar surface area (TPSA) is 46.6 Å². The molecule has 2 N–H and O–H groups in total. The van der Waals surface area contributed by atoms with Crippen molar-refractivity contribution >= 4 is 5.65 Å². The summed E-state index contributed by atoms with van der Waals surface area (Å²) in [6, 6.07) is 4.15. The number of imidazole rings is 1. The van der Waals surface area contributed by atoms with Crippen molar-refractivity contribution in [1.29, 1.82) is 0 Å². The van der Waals surface area contributed by atoms with E-state index < -0.39 is 0 Å². The van der Waals surface area contributed by atoms with Crippen molar-refractivity contribution in [3.8, 4) is 0 Å². The van der Waals surface area contributed by atoms with E-state index in [9.17, 15) is 0 Å². The summed E-state index contributed by atoms with van der Waals surface area (Å²) in [5, 5.41) is 0. The van der Waals surface area contributed by atoms with E-state index in [0.717, 1.165) is 24.3 Å². The molecular weight excluding hydrogens is 236 g/mol. The van der Waals surface area contributed by atoms with Crippen molar-refractivity contribution in [2.75, 3.05) is 19.6 Å². The molecule has 1 aliphatic heterocycles. The molecule has 0 aliphatic carbocycles. The number of rotatable bonds is 3. The molecule has 0 bridgehead atoms. The van der Waals surface area contributed by atoms with E-state index >= 15 is 0 Å². The Balaban J connectivity index is 1.88. The maximum atomic E-state index is 5.68. The zero-order valence-electron chi connectivity index (χ0n) is 11.5. The van der Waals surface area contributed by atoms with Crippen LogP contribution in [0.3, 0.4) is 0 Å². The first-order valence-electron chi connectivity index (χ1n) is 7.20. The Labute approximate surface area is 114 Å². The summed E-state index contributed by atoms with van der Waals surface area (Å²) in [7, 11) is 0. The fourth-order valence-corrected chi connectivity index (χ4v) is 2.95. The third kappa shape index (κ3) is 2.51. The van der Waals surface area contributed by atoms with E-state index in [2.05, 4.69) is 40.8 Å². The van der Waals surface area contributed by atoms with Gasteiger partial charge in [-0.25, -0.2) is 4.98 Å². The van der Waals surface area contributed by atoms with Crippen LogP contribution in [0.2, 0.25) is 0 Å². The molecule has 2 aromatic heterocycles. The van der Waals surface area contributed by atoms with Gasteiger partial charge in [-0.1, -0.05) is 6.92 Å². The van der Waals surface area contributed by atoms with Crippen LogP contribution in [0.4, 0.5) is 0 Å². The number of nitrogens with zero attached hydrogens (tertiary/aromatic N) is 3. The summed E-state index contributed by atoms with van der Waals surface area (Å²) in [6.45, 7) is 6.33. The molecule has 1 atom stereocenters. The number of fused-ring (bicyclic) bond motifs is 1. The van der Waals surface area contributed by atoms with Crippen LogP contribution in [0.15, 0.2) is 24.5 Å². The largest absolute Gasteiger partial charge is 0.326 e. The second-order valence-electron chi connectivity index (χ2n) is 5.40. The highest BCUT2D eigenvalue weighted by molar-refractivity contribution is 5.43. The van der Waals surface area contributed by atoms with E-state index in [-0.39, 0.29) is 0 Å². The third-order valence-electron chi connectivity index (χ3n) is 4.15. The van der Waals surface area contributed by atoms with Gasteiger partial charge in [0.05, 0.1) is 5.69 Å². The lowest BCUT2D eigenvalue weighted by atomic mass is 9.95. The summed E-state index contributed by atoms with van der Waals surface area (Å²) < 4.78 is 2.11. The van der Waals surface area contributed by atoms with Crippen molar-refractivity contribution in [2.24, 2.45) is 5.73 Å². The van der Waals surface area contributed by atoms with Crippen LogP contribution in [0.5, 0.6) is 0 Å². The molecular formula is C15H22N4. The molecule has 1 aliphatic rings. The first-order valence-corrected chi connectivity index (χ1v) is 7.20. The van der Waals surface area contributed by atoms with E-state index in [1.54, 1.807) is 0 Å². The van der Waals surface area contributed by atoms with Crippen LogP contribution in [0.25, 0.3) is 5.65 Å². The molecule has 1 fully saturated rings. The lowest BCUT2D eigenvalue weighted by molar-refractivity contribution is 0.216. The minimum atomic E-state index is 0.575. The maximum absolute atomic E-state index is 5.68. The predicted octanol–water partition coefficient (Wildman–Crippen LogP) is 1.99. The van der Waals surface area contributed by atoms with E-state index in [1.165, 1.54) is 25.1 Å². The van der Waals surface area contributed by atoms with Crippen LogP contribution >= 0.6 is 0 Å². The molecule has 0 saturated carbocycles. The van der Waals surface area contributed by atoms with Crippen molar-refractivity contribution in [3.05, 3.63) is 35.8 Å². The minimum Gasteiger partial charge on any atom is -0.326 e. The van der Waals surface area contributed by atoms with Gasteiger partial charge in [-0.05, 0) is 43.6 Å². The Morgan fingerprint density at radius 1 is 1.47 bits per heavy atom. The average molecular weight is 258 g/mol. The summed E-state index contributed by atoms with van der Waals surface area (Å²) in [5.74, 6) is 0.579. The monoisotopic (exact) mass is 258 g/mol. The smallest absolute Gasteiger partial charge is 0.137 e. The zero-order chi connectivity index (χ0) is 13.2. The first-order chi connectivity index (χ1) is 9.30. The standard InChI is InChI=1S/C15H22N4/c1-2-18-6-3-4-13(10-18)14-11-19-7-5-12(9-16)8-15(19)17-14/h5,7-8,11,13H,2-4,6,9-10,16H2,1H3. The van der Waals surface area contributed by atoms with Crippen molar-refractivity contribution in [1.82, 2.24) is 14.3 Å². The molecule has 4 heteroatoms. The van der Waals surface area contributed by atoms with Gasteiger partial charge in [-0.3, -0.25) is 0 Å². The molecule has 3 heterocycles. The van der Waals surface area contributed by atoms with Crippen LogP contribution in [-0.2, 0) is 6.54 Å². The highest BCUT2D eigenvalue weighted by atomic mass is 15.1. The highest BCUT2D eigenvalue weighted by Gasteiger charge is 2.22. The van der Waals surface area contributed by atoms with Gasteiger partial charge in [-0.2, -0.15) is 0 Å². The van der Waals surface area contributed by atoms with Crippen LogP contribution in [0.1, 0.15) is 36.9 Å². The molecule has 0 aromatic carbocycles. The lowest BCUT2D eigenvalue weighted by Crippen LogP contribution is -2.34. The Hall–Kier alpha value is -1.39. The normalized spacial score (nSPS) is 21.1. The van der Waals surface area contributed by atoms with E-state index in [4.69, 9.17) is 10.7 Å². The van der Waals surface area contributed by atoms with Crippen molar-refractivity contribution < 1.29 is 0 Å². The molecule has 3 rings (SSSR count). The maximum Gasteiger partial charge on any atom is 0.137 e. The van der Waals surface area contributed by atoms with Crippen LogP contribution < -0.4 is 5.73 Å². The van der Waals surface area contributed by atoms with Crippen LogP contribution in [-0.4, -0.2) is 33.9 Å². The number of aromatic nitrogens is 2. The number of likely N-dealkylation sites (N-methyl/N-ethyl adjacent to an activating group) is 1. The summed E-state index contributed by atoms with van der Waals surface area (Å²) in [6.07, 6.45) is 6.78. The highest BCUT2D eigenvalue weighted by Crippen LogP contribution is 2.26. The SMILES string of the molecule is CCN1CCCC(c2cn3ccc(CN)cc3n2)C1. The predicted molar refractivity (Wildman–Crippen MR) is 77.2 cm³/mol. The van der Waals surface area contributed by atoms with E-state index in [1.807, 2.05) is 0 Å². The summed E-state index contributed by atoms with van der Waals surface area (Å²) >= 11 is 0. The fourth-order valence-electron chi connectivity index (χ4n) is 2.95. The lowest BCUT2D eigenvalue weighted by Gasteiger charge is -2.30. The summed E-state index contributed by atoms with van der Waals surface area (Å²) in [4.78, 5) is 7.31.